The molecular formula is C23H25N3O5S. The number of anilines is 1. The lowest BCUT2D eigenvalue weighted by atomic mass is 10.1. The molecule has 1 saturated heterocycles. The van der Waals surface area contributed by atoms with Crippen molar-refractivity contribution in [1.29, 1.82) is 0 Å². The minimum Gasteiger partial charge on any atom is -0.379 e. The molecule has 0 atom stereocenters. The van der Waals surface area contributed by atoms with Gasteiger partial charge in [0, 0.05) is 42.8 Å². The van der Waals surface area contributed by atoms with Gasteiger partial charge in [-0.1, -0.05) is 12.1 Å². The van der Waals surface area contributed by atoms with Crippen LogP contribution in [0, 0.1) is 13.8 Å². The SMILES string of the molecule is Cc1ccc(C)c(N(C)C(=O)c2cc(=O)[nH]c3ccc(S(=O)(=O)N4CCOCC4)cc23)c1. The summed E-state index contributed by atoms with van der Waals surface area (Å²) in [4.78, 5) is 29.9. The van der Waals surface area contributed by atoms with Crippen LogP contribution in [0.25, 0.3) is 10.9 Å². The zero-order valence-electron chi connectivity index (χ0n) is 18.2. The molecule has 4 rings (SSSR count). The maximum Gasteiger partial charge on any atom is 0.258 e. The van der Waals surface area contributed by atoms with E-state index in [-0.39, 0.29) is 23.5 Å². The van der Waals surface area contributed by atoms with Crippen LogP contribution in [0.1, 0.15) is 21.5 Å². The number of aryl methyl sites for hydroxylation is 2. The molecular weight excluding hydrogens is 430 g/mol. The number of aromatic amines is 1. The summed E-state index contributed by atoms with van der Waals surface area (Å²) in [5, 5.41) is 0.376. The van der Waals surface area contributed by atoms with Crippen molar-refractivity contribution in [3.05, 3.63) is 69.5 Å². The average molecular weight is 456 g/mol. The number of carbonyl (C=O) groups is 1. The van der Waals surface area contributed by atoms with Crippen molar-refractivity contribution in [2.75, 3.05) is 38.3 Å². The number of H-pyrrole nitrogens is 1. The summed E-state index contributed by atoms with van der Waals surface area (Å²) >= 11 is 0. The highest BCUT2D eigenvalue weighted by Gasteiger charge is 2.27. The van der Waals surface area contributed by atoms with E-state index in [4.69, 9.17) is 4.74 Å². The number of rotatable bonds is 4. The summed E-state index contributed by atoms with van der Waals surface area (Å²) in [6.07, 6.45) is 0. The Balaban J connectivity index is 1.82. The molecule has 1 aromatic heterocycles. The average Bonchev–Trinajstić information content (AvgIpc) is 2.79. The molecule has 2 heterocycles. The predicted molar refractivity (Wildman–Crippen MR) is 123 cm³/mol. The van der Waals surface area contributed by atoms with Gasteiger partial charge in [0.2, 0.25) is 15.6 Å². The Hall–Kier alpha value is -3.01. The van der Waals surface area contributed by atoms with Gasteiger partial charge in [0.05, 0.1) is 23.7 Å². The summed E-state index contributed by atoms with van der Waals surface area (Å²) in [5.74, 6) is -0.393. The number of morpholine rings is 1. The molecule has 2 aromatic carbocycles. The third-order valence-corrected chi connectivity index (χ3v) is 7.58. The number of aromatic nitrogens is 1. The minimum atomic E-state index is -3.75. The number of fused-ring (bicyclic) bond motifs is 1. The number of nitrogens with zero attached hydrogens (tertiary/aromatic N) is 2. The van der Waals surface area contributed by atoms with Gasteiger partial charge in [0.25, 0.3) is 5.91 Å². The Morgan fingerprint density at radius 2 is 1.78 bits per heavy atom. The number of amides is 1. The first-order valence-electron chi connectivity index (χ1n) is 10.3. The minimum absolute atomic E-state index is 0.0717. The summed E-state index contributed by atoms with van der Waals surface area (Å²) in [6, 6.07) is 11.4. The first-order chi connectivity index (χ1) is 15.2. The van der Waals surface area contributed by atoms with Gasteiger partial charge in [-0.3, -0.25) is 9.59 Å². The first-order valence-corrected chi connectivity index (χ1v) is 11.7. The number of sulfonamides is 1. The Labute approximate surface area is 186 Å². The molecule has 9 heteroatoms. The van der Waals surface area contributed by atoms with Crippen LogP contribution in [0.15, 0.2) is 52.2 Å². The molecule has 1 N–H and O–H groups in total. The molecule has 0 aliphatic carbocycles. The maximum absolute atomic E-state index is 13.4. The maximum atomic E-state index is 13.4. The Morgan fingerprint density at radius 1 is 1.06 bits per heavy atom. The molecule has 0 saturated carbocycles. The second-order valence-electron chi connectivity index (χ2n) is 7.93. The van der Waals surface area contributed by atoms with E-state index in [1.165, 1.54) is 33.5 Å². The van der Waals surface area contributed by atoms with Crippen molar-refractivity contribution in [2.24, 2.45) is 0 Å². The van der Waals surface area contributed by atoms with Gasteiger partial charge in [0.15, 0.2) is 0 Å². The van der Waals surface area contributed by atoms with E-state index in [0.29, 0.717) is 24.1 Å². The highest BCUT2D eigenvalue weighted by atomic mass is 32.2. The fraction of sp³-hybridized carbons (Fsp3) is 0.304. The lowest BCUT2D eigenvalue weighted by Crippen LogP contribution is -2.40. The number of hydrogen-bond donors (Lipinski definition) is 1. The Kier molecular flexibility index (Phi) is 5.89. The number of carbonyl (C=O) groups excluding carboxylic acids is 1. The Bertz CT molecular complexity index is 1360. The predicted octanol–water partition coefficient (Wildman–Crippen LogP) is 2.44. The van der Waals surface area contributed by atoms with Crippen molar-refractivity contribution >= 4 is 32.5 Å². The van der Waals surface area contributed by atoms with E-state index >= 15 is 0 Å². The molecule has 1 fully saturated rings. The standard InChI is InChI=1S/C23H25N3O5S/c1-15-4-5-16(2)21(12-15)25(3)23(28)19-14-22(27)24-20-7-6-17(13-18(19)20)32(29,30)26-8-10-31-11-9-26/h4-7,12-14H,8-11H2,1-3H3,(H,24,27). The third kappa shape index (κ3) is 4.06. The number of hydrogen-bond acceptors (Lipinski definition) is 5. The lowest BCUT2D eigenvalue weighted by molar-refractivity contribution is 0.0730. The highest BCUT2D eigenvalue weighted by molar-refractivity contribution is 7.89. The quantitative estimate of drug-likeness (QED) is 0.651. The van der Waals surface area contributed by atoms with E-state index in [1.807, 2.05) is 32.0 Å². The van der Waals surface area contributed by atoms with Crippen LogP contribution in [0.4, 0.5) is 5.69 Å². The largest absolute Gasteiger partial charge is 0.379 e. The smallest absolute Gasteiger partial charge is 0.258 e. The van der Waals surface area contributed by atoms with E-state index < -0.39 is 21.5 Å². The van der Waals surface area contributed by atoms with Crippen molar-refractivity contribution in [3.63, 3.8) is 0 Å². The van der Waals surface area contributed by atoms with Crippen molar-refractivity contribution in [2.45, 2.75) is 18.7 Å². The summed E-state index contributed by atoms with van der Waals surface area (Å²) in [5.41, 5.74) is 2.75. The molecule has 1 amide bonds. The molecule has 0 spiro atoms. The van der Waals surface area contributed by atoms with E-state index in [2.05, 4.69) is 4.98 Å². The van der Waals surface area contributed by atoms with Gasteiger partial charge >= 0.3 is 0 Å². The zero-order chi connectivity index (χ0) is 23.0. The second-order valence-corrected chi connectivity index (χ2v) is 9.86. The van der Waals surface area contributed by atoms with Crippen LogP contribution in [0.3, 0.4) is 0 Å². The van der Waals surface area contributed by atoms with Crippen LogP contribution in [0.5, 0.6) is 0 Å². The molecule has 0 unspecified atom stereocenters. The molecule has 3 aromatic rings. The Morgan fingerprint density at radius 3 is 2.50 bits per heavy atom. The molecule has 0 bridgehead atoms. The summed E-state index contributed by atoms with van der Waals surface area (Å²) < 4.78 is 32.9. The van der Waals surface area contributed by atoms with Gasteiger partial charge in [-0.15, -0.1) is 0 Å². The van der Waals surface area contributed by atoms with Crippen molar-refractivity contribution < 1.29 is 17.9 Å². The summed E-state index contributed by atoms with van der Waals surface area (Å²) in [7, 11) is -2.11. The third-order valence-electron chi connectivity index (χ3n) is 5.68. The van der Waals surface area contributed by atoms with Gasteiger partial charge < -0.3 is 14.6 Å². The number of benzene rings is 2. The monoisotopic (exact) mass is 455 g/mol. The van der Waals surface area contributed by atoms with Crippen LogP contribution >= 0.6 is 0 Å². The van der Waals surface area contributed by atoms with Crippen LogP contribution in [-0.2, 0) is 14.8 Å². The van der Waals surface area contributed by atoms with Gasteiger partial charge in [-0.25, -0.2) is 8.42 Å². The van der Waals surface area contributed by atoms with Crippen molar-refractivity contribution in [3.8, 4) is 0 Å². The molecule has 168 valence electrons. The second kappa shape index (κ2) is 8.50. The topological polar surface area (TPSA) is 99.8 Å². The number of pyridine rings is 1. The molecule has 8 nitrogen and oxygen atoms in total. The number of ether oxygens (including phenoxy) is 1. The normalized spacial score (nSPS) is 15.1. The fourth-order valence-corrected chi connectivity index (χ4v) is 5.31. The van der Waals surface area contributed by atoms with Crippen molar-refractivity contribution in [1.82, 2.24) is 9.29 Å². The fourth-order valence-electron chi connectivity index (χ4n) is 3.88. The molecule has 1 aliphatic heterocycles. The summed E-state index contributed by atoms with van der Waals surface area (Å²) in [6.45, 7) is 5.06. The van der Waals surface area contributed by atoms with E-state index in [0.717, 1.165) is 16.8 Å². The molecule has 1 aliphatic rings. The molecule has 0 radical (unpaired) electrons. The van der Waals surface area contributed by atoms with Crippen LogP contribution in [-0.4, -0.2) is 57.0 Å². The van der Waals surface area contributed by atoms with Gasteiger partial charge in [0.1, 0.15) is 0 Å². The lowest BCUT2D eigenvalue weighted by Gasteiger charge is -2.26. The number of nitrogens with one attached hydrogen (secondary N) is 1. The van der Waals surface area contributed by atoms with Gasteiger partial charge in [-0.05, 0) is 49.2 Å². The van der Waals surface area contributed by atoms with Crippen LogP contribution in [0.2, 0.25) is 0 Å². The van der Waals surface area contributed by atoms with E-state index in [9.17, 15) is 18.0 Å². The highest BCUT2D eigenvalue weighted by Crippen LogP contribution is 2.27. The van der Waals surface area contributed by atoms with Gasteiger partial charge in [-0.2, -0.15) is 4.31 Å². The first kappa shape index (κ1) is 22.2. The van der Waals surface area contributed by atoms with E-state index in [1.54, 1.807) is 7.05 Å². The van der Waals surface area contributed by atoms with Crippen LogP contribution < -0.4 is 10.5 Å². The zero-order valence-corrected chi connectivity index (χ0v) is 19.0. The molecule has 32 heavy (non-hydrogen) atoms.